The molecule has 0 amide bonds. The molecule has 1 heterocycles. The second-order valence-corrected chi connectivity index (χ2v) is 3.01. The van der Waals surface area contributed by atoms with Gasteiger partial charge in [0.05, 0.1) is 12.2 Å². The molecule has 1 aliphatic rings. The van der Waals surface area contributed by atoms with Gasteiger partial charge < -0.3 is 4.74 Å². The number of ether oxygens (including phenoxy) is 1. The molecule has 1 heteroatoms. The second-order valence-electron chi connectivity index (χ2n) is 3.01. The predicted octanol–water partition coefficient (Wildman–Crippen LogP) is 2.52. The van der Waals surface area contributed by atoms with Crippen LogP contribution in [0.2, 0.25) is 0 Å². The molecule has 58 valence electrons. The van der Waals surface area contributed by atoms with Crippen molar-refractivity contribution in [2.45, 2.75) is 45.3 Å². The van der Waals surface area contributed by atoms with Gasteiger partial charge in [0.2, 0.25) is 0 Å². The fraction of sp³-hybridized carbons (Fsp3) is 0.778. The summed E-state index contributed by atoms with van der Waals surface area (Å²) in [5.74, 6) is 0. The largest absolute Gasteiger partial charge is 0.371 e. The quantitative estimate of drug-likeness (QED) is 0.508. The number of rotatable bonds is 1. The van der Waals surface area contributed by atoms with Crippen LogP contribution in [-0.2, 0) is 4.74 Å². The molecule has 0 unspecified atom stereocenters. The maximum absolute atomic E-state index is 5.65. The zero-order valence-corrected chi connectivity index (χ0v) is 6.89. The Kier molecular flexibility index (Phi) is 2.50. The Bertz CT molecular complexity index is 129. The lowest BCUT2D eigenvalue weighted by Gasteiger charge is -2.28. The normalized spacial score (nSPS) is 34.4. The monoisotopic (exact) mass is 140 g/mol. The van der Waals surface area contributed by atoms with Crippen molar-refractivity contribution in [3.05, 3.63) is 12.2 Å². The molecule has 0 bridgehead atoms. The molecule has 0 aromatic carbocycles. The molecule has 0 aliphatic carbocycles. The van der Waals surface area contributed by atoms with Crippen molar-refractivity contribution < 1.29 is 4.74 Å². The van der Waals surface area contributed by atoms with Crippen LogP contribution < -0.4 is 0 Å². The minimum atomic E-state index is 0.290. The van der Waals surface area contributed by atoms with Gasteiger partial charge in [-0.1, -0.05) is 13.5 Å². The summed E-state index contributed by atoms with van der Waals surface area (Å²) in [6.45, 7) is 8.20. The summed E-state index contributed by atoms with van der Waals surface area (Å²) in [7, 11) is 0. The first-order chi connectivity index (χ1) is 4.74. The Hall–Kier alpha value is -0.300. The van der Waals surface area contributed by atoms with E-state index in [1.165, 1.54) is 12.0 Å². The van der Waals surface area contributed by atoms with Crippen LogP contribution in [0.3, 0.4) is 0 Å². The smallest absolute Gasteiger partial charge is 0.0758 e. The fourth-order valence-electron chi connectivity index (χ4n) is 1.30. The SMILES string of the molecule is C=C1CC[C@H](CC)O[C@@H]1C. The summed E-state index contributed by atoms with van der Waals surface area (Å²) in [6, 6.07) is 0. The molecule has 0 N–H and O–H groups in total. The first-order valence-electron chi connectivity index (χ1n) is 4.07. The van der Waals surface area contributed by atoms with Gasteiger partial charge in [-0.15, -0.1) is 0 Å². The Morgan fingerprint density at radius 3 is 2.90 bits per heavy atom. The van der Waals surface area contributed by atoms with Crippen molar-refractivity contribution >= 4 is 0 Å². The molecule has 0 aromatic heterocycles. The van der Waals surface area contributed by atoms with E-state index in [2.05, 4.69) is 20.4 Å². The maximum atomic E-state index is 5.65. The van der Waals surface area contributed by atoms with Crippen LogP contribution in [0.15, 0.2) is 12.2 Å². The van der Waals surface area contributed by atoms with E-state index in [1.54, 1.807) is 0 Å². The van der Waals surface area contributed by atoms with Crippen molar-refractivity contribution in [2.24, 2.45) is 0 Å². The van der Waals surface area contributed by atoms with Crippen LogP contribution in [0.25, 0.3) is 0 Å². The molecule has 0 radical (unpaired) electrons. The van der Waals surface area contributed by atoms with Crippen LogP contribution in [0.4, 0.5) is 0 Å². The summed E-state index contributed by atoms with van der Waals surface area (Å²) in [5, 5.41) is 0. The molecular weight excluding hydrogens is 124 g/mol. The molecule has 0 saturated carbocycles. The highest BCUT2D eigenvalue weighted by atomic mass is 16.5. The van der Waals surface area contributed by atoms with E-state index < -0.39 is 0 Å². The Morgan fingerprint density at radius 1 is 1.70 bits per heavy atom. The third kappa shape index (κ3) is 1.60. The first-order valence-corrected chi connectivity index (χ1v) is 4.07. The van der Waals surface area contributed by atoms with E-state index in [0.29, 0.717) is 12.2 Å². The van der Waals surface area contributed by atoms with Crippen LogP contribution in [0.1, 0.15) is 33.1 Å². The maximum Gasteiger partial charge on any atom is 0.0758 e. The molecule has 1 saturated heterocycles. The highest BCUT2D eigenvalue weighted by Crippen LogP contribution is 2.23. The molecule has 0 spiro atoms. The van der Waals surface area contributed by atoms with E-state index in [-0.39, 0.29) is 0 Å². The third-order valence-electron chi connectivity index (χ3n) is 2.21. The predicted molar refractivity (Wildman–Crippen MR) is 43.0 cm³/mol. The summed E-state index contributed by atoms with van der Waals surface area (Å²) in [5.41, 5.74) is 1.25. The standard InChI is InChI=1S/C9H16O/c1-4-9-6-5-7(2)8(3)10-9/h8-9H,2,4-6H2,1,3H3/t8-,9+/m1/s1. The van der Waals surface area contributed by atoms with E-state index >= 15 is 0 Å². The van der Waals surface area contributed by atoms with Crippen molar-refractivity contribution in [3.63, 3.8) is 0 Å². The van der Waals surface area contributed by atoms with Gasteiger partial charge in [0, 0.05) is 0 Å². The van der Waals surface area contributed by atoms with Gasteiger partial charge >= 0.3 is 0 Å². The third-order valence-corrected chi connectivity index (χ3v) is 2.21. The van der Waals surface area contributed by atoms with E-state index in [4.69, 9.17) is 4.74 Å². The van der Waals surface area contributed by atoms with Crippen LogP contribution in [0, 0.1) is 0 Å². The molecule has 0 aromatic rings. The van der Waals surface area contributed by atoms with Crippen LogP contribution in [0.5, 0.6) is 0 Å². The minimum absolute atomic E-state index is 0.290. The van der Waals surface area contributed by atoms with Gasteiger partial charge in [0.15, 0.2) is 0 Å². The van der Waals surface area contributed by atoms with Gasteiger partial charge in [-0.05, 0) is 31.8 Å². The summed E-state index contributed by atoms with van der Waals surface area (Å²) in [4.78, 5) is 0. The topological polar surface area (TPSA) is 9.23 Å². The van der Waals surface area contributed by atoms with Gasteiger partial charge in [-0.2, -0.15) is 0 Å². The molecule has 10 heavy (non-hydrogen) atoms. The highest BCUT2D eigenvalue weighted by molar-refractivity contribution is 5.03. The molecule has 2 atom stereocenters. The van der Waals surface area contributed by atoms with Gasteiger partial charge in [0.25, 0.3) is 0 Å². The summed E-state index contributed by atoms with van der Waals surface area (Å²) >= 11 is 0. The highest BCUT2D eigenvalue weighted by Gasteiger charge is 2.19. The second kappa shape index (κ2) is 3.20. The summed E-state index contributed by atoms with van der Waals surface area (Å²) in [6.07, 6.45) is 4.23. The summed E-state index contributed by atoms with van der Waals surface area (Å²) < 4.78 is 5.65. The lowest BCUT2D eigenvalue weighted by Crippen LogP contribution is -2.26. The van der Waals surface area contributed by atoms with Crippen LogP contribution >= 0.6 is 0 Å². The van der Waals surface area contributed by atoms with Crippen molar-refractivity contribution in [1.82, 2.24) is 0 Å². The van der Waals surface area contributed by atoms with Crippen molar-refractivity contribution in [2.75, 3.05) is 0 Å². The Morgan fingerprint density at radius 2 is 2.40 bits per heavy atom. The zero-order valence-electron chi connectivity index (χ0n) is 6.89. The molecule has 1 rings (SSSR count). The van der Waals surface area contributed by atoms with Gasteiger partial charge in [0.1, 0.15) is 0 Å². The molecule has 1 fully saturated rings. The van der Waals surface area contributed by atoms with Gasteiger partial charge in [-0.3, -0.25) is 0 Å². The minimum Gasteiger partial charge on any atom is -0.371 e. The number of hydrogen-bond acceptors (Lipinski definition) is 1. The van der Waals surface area contributed by atoms with Gasteiger partial charge in [-0.25, -0.2) is 0 Å². The number of hydrogen-bond donors (Lipinski definition) is 0. The van der Waals surface area contributed by atoms with Crippen molar-refractivity contribution in [3.8, 4) is 0 Å². The average molecular weight is 140 g/mol. The lowest BCUT2D eigenvalue weighted by molar-refractivity contribution is -0.0108. The van der Waals surface area contributed by atoms with Crippen LogP contribution in [-0.4, -0.2) is 12.2 Å². The molecule has 1 nitrogen and oxygen atoms in total. The average Bonchev–Trinajstić information content (AvgIpc) is 1.95. The molecular formula is C9H16O. The fourth-order valence-corrected chi connectivity index (χ4v) is 1.30. The first kappa shape index (κ1) is 7.80. The Balaban J connectivity index is 2.40. The van der Waals surface area contributed by atoms with E-state index in [9.17, 15) is 0 Å². The van der Waals surface area contributed by atoms with Crippen molar-refractivity contribution in [1.29, 1.82) is 0 Å². The van der Waals surface area contributed by atoms with E-state index in [0.717, 1.165) is 12.8 Å². The lowest BCUT2D eigenvalue weighted by atomic mass is 9.99. The van der Waals surface area contributed by atoms with E-state index in [1.807, 2.05) is 0 Å². The zero-order chi connectivity index (χ0) is 7.56. The molecule has 1 aliphatic heterocycles. The Labute approximate surface area is 63.1 Å².